The van der Waals surface area contributed by atoms with E-state index in [1.165, 1.54) is 0 Å². The third kappa shape index (κ3) is 6.71. The third-order valence-corrected chi connectivity index (χ3v) is 10.4. The molecule has 0 spiro atoms. The Hall–Kier alpha value is -6.90. The zero-order chi connectivity index (χ0) is 37.7. The predicted molar refractivity (Wildman–Crippen MR) is 222 cm³/mol. The lowest BCUT2D eigenvalue weighted by atomic mass is 9.77. The van der Waals surface area contributed by atoms with Crippen LogP contribution in [0.3, 0.4) is 0 Å². The van der Waals surface area contributed by atoms with Gasteiger partial charge in [0, 0.05) is 34.9 Å². The first-order valence-corrected chi connectivity index (χ1v) is 19.0. The van der Waals surface area contributed by atoms with Gasteiger partial charge < -0.3 is 10.1 Å². The average Bonchev–Trinajstić information content (AvgIpc) is 3.91. The number of fused-ring (bicyclic) bond motifs is 1. The molecule has 1 fully saturated rings. The van der Waals surface area contributed by atoms with Crippen LogP contribution in [0.5, 0.6) is 0 Å². The average molecular weight is 733 g/mol. The maximum absolute atomic E-state index is 13.0. The van der Waals surface area contributed by atoms with Crippen LogP contribution in [0.1, 0.15) is 47.7 Å². The van der Waals surface area contributed by atoms with E-state index in [-0.39, 0.29) is 12.1 Å². The number of carbonyl (C=O) groups excluding carboxylic acids is 1. The SMILES string of the molecule is O=C(/C=C/c1ccccc1)Nc1cccc(-c2nn(C3CCCCO3)c3ccc(-c4ncn(C(c5ccccc5)(c5ccccc5)c5ccccc5)n4)cc23)c1. The molecule has 6 aromatic carbocycles. The normalized spacial score (nSPS) is 14.6. The Morgan fingerprint density at radius 3 is 2.00 bits per heavy atom. The lowest BCUT2D eigenvalue weighted by molar-refractivity contribution is -0.111. The summed E-state index contributed by atoms with van der Waals surface area (Å²) in [7, 11) is 0. The first-order chi connectivity index (χ1) is 27.7. The molecule has 1 atom stereocenters. The summed E-state index contributed by atoms with van der Waals surface area (Å²) in [5.41, 5.74) is 7.56. The first-order valence-electron chi connectivity index (χ1n) is 19.0. The summed E-state index contributed by atoms with van der Waals surface area (Å²) in [6.45, 7) is 0.699. The number of nitrogens with zero attached hydrogens (tertiary/aromatic N) is 5. The number of ether oxygens (including phenoxy) is 1. The Labute approximate surface area is 325 Å². The van der Waals surface area contributed by atoms with Crippen molar-refractivity contribution in [3.63, 3.8) is 0 Å². The number of aromatic nitrogens is 5. The number of hydrogen-bond acceptors (Lipinski definition) is 5. The van der Waals surface area contributed by atoms with Crippen molar-refractivity contribution in [1.29, 1.82) is 0 Å². The van der Waals surface area contributed by atoms with E-state index < -0.39 is 5.54 Å². The first kappa shape index (κ1) is 34.8. The van der Waals surface area contributed by atoms with Crippen molar-refractivity contribution in [2.45, 2.75) is 31.0 Å². The number of benzene rings is 6. The minimum atomic E-state index is -0.783. The summed E-state index contributed by atoms with van der Waals surface area (Å²) < 4.78 is 10.3. The van der Waals surface area contributed by atoms with Crippen LogP contribution >= 0.6 is 0 Å². The molecular formula is C48H40N6O2. The van der Waals surface area contributed by atoms with E-state index in [2.05, 4.69) is 96.3 Å². The van der Waals surface area contributed by atoms with Crippen LogP contribution in [-0.2, 0) is 15.1 Å². The minimum absolute atomic E-state index is 0.169. The number of nitrogens with one attached hydrogen (secondary N) is 1. The molecule has 2 aromatic heterocycles. The van der Waals surface area contributed by atoms with Crippen molar-refractivity contribution in [1.82, 2.24) is 24.5 Å². The zero-order valence-corrected chi connectivity index (χ0v) is 30.8. The molecule has 1 aliphatic heterocycles. The molecule has 8 aromatic rings. The topological polar surface area (TPSA) is 86.9 Å². The quantitative estimate of drug-likeness (QED) is 0.112. The van der Waals surface area contributed by atoms with E-state index in [4.69, 9.17) is 19.9 Å². The fourth-order valence-electron chi connectivity index (χ4n) is 7.79. The molecule has 1 aliphatic rings. The lowest BCUT2D eigenvalue weighted by Gasteiger charge is -2.35. The molecule has 1 saturated heterocycles. The van der Waals surface area contributed by atoms with Crippen LogP contribution in [0.4, 0.5) is 5.69 Å². The second kappa shape index (κ2) is 15.5. The fourth-order valence-corrected chi connectivity index (χ4v) is 7.79. The highest BCUT2D eigenvalue weighted by Crippen LogP contribution is 2.41. The molecule has 8 heteroatoms. The highest BCUT2D eigenvalue weighted by molar-refractivity contribution is 6.03. The van der Waals surface area contributed by atoms with Gasteiger partial charge in [-0.05, 0) is 77.9 Å². The van der Waals surface area contributed by atoms with Gasteiger partial charge in [0.2, 0.25) is 5.91 Å². The second-order valence-corrected chi connectivity index (χ2v) is 14.0. The minimum Gasteiger partial charge on any atom is -0.356 e. The summed E-state index contributed by atoms with van der Waals surface area (Å²) in [6.07, 6.45) is 8.02. The van der Waals surface area contributed by atoms with Gasteiger partial charge in [-0.3, -0.25) is 4.79 Å². The smallest absolute Gasteiger partial charge is 0.248 e. The Balaban J connectivity index is 1.13. The molecule has 9 rings (SSSR count). The molecule has 56 heavy (non-hydrogen) atoms. The van der Waals surface area contributed by atoms with E-state index in [0.29, 0.717) is 18.1 Å². The number of hydrogen-bond donors (Lipinski definition) is 1. The maximum Gasteiger partial charge on any atom is 0.248 e. The molecule has 8 nitrogen and oxygen atoms in total. The van der Waals surface area contributed by atoms with Crippen LogP contribution in [0.15, 0.2) is 176 Å². The molecule has 0 radical (unpaired) electrons. The highest BCUT2D eigenvalue weighted by Gasteiger charge is 2.39. The van der Waals surface area contributed by atoms with E-state index in [0.717, 1.165) is 69.2 Å². The maximum atomic E-state index is 13.0. The van der Waals surface area contributed by atoms with Gasteiger partial charge in [-0.25, -0.2) is 14.3 Å². The van der Waals surface area contributed by atoms with Gasteiger partial charge in [0.05, 0.1) is 5.52 Å². The Morgan fingerprint density at radius 2 is 1.36 bits per heavy atom. The predicted octanol–water partition coefficient (Wildman–Crippen LogP) is 10.2. The summed E-state index contributed by atoms with van der Waals surface area (Å²) in [6, 6.07) is 55.3. The molecule has 1 amide bonds. The van der Waals surface area contributed by atoms with Gasteiger partial charge in [-0.15, -0.1) is 5.10 Å². The molecule has 0 saturated carbocycles. The standard InChI is InChI=1S/C48H40N6O2/c55-44(30-27-35-16-5-1-6-17-35)50-41-25-15-18-36(32-41)46-42-33-37(28-29-43(42)54(51-46)45-26-13-14-31-56-45)47-49-34-53(52-47)48(38-19-7-2-8-20-38,39-21-9-3-10-22-39)40-23-11-4-12-24-40/h1-12,15-25,27-30,32-34,45H,13-14,26,31H2,(H,50,55)/b30-27+. The van der Waals surface area contributed by atoms with Gasteiger partial charge in [0.1, 0.15) is 17.6 Å². The van der Waals surface area contributed by atoms with Crippen molar-refractivity contribution < 1.29 is 9.53 Å². The van der Waals surface area contributed by atoms with Crippen LogP contribution in [0, 0.1) is 0 Å². The molecule has 0 aliphatic carbocycles. The number of amides is 1. The van der Waals surface area contributed by atoms with Crippen molar-refractivity contribution in [3.05, 3.63) is 198 Å². The van der Waals surface area contributed by atoms with Crippen LogP contribution in [0.2, 0.25) is 0 Å². The number of anilines is 1. The Morgan fingerprint density at radius 1 is 0.696 bits per heavy atom. The summed E-state index contributed by atoms with van der Waals surface area (Å²) in [4.78, 5) is 17.9. The highest BCUT2D eigenvalue weighted by atomic mass is 16.5. The monoisotopic (exact) mass is 732 g/mol. The van der Waals surface area contributed by atoms with Gasteiger partial charge in [0.15, 0.2) is 12.1 Å². The van der Waals surface area contributed by atoms with Crippen molar-refractivity contribution in [3.8, 4) is 22.6 Å². The molecule has 3 heterocycles. The van der Waals surface area contributed by atoms with Gasteiger partial charge >= 0.3 is 0 Å². The van der Waals surface area contributed by atoms with E-state index in [9.17, 15) is 4.79 Å². The Kier molecular flexibility index (Phi) is 9.61. The zero-order valence-electron chi connectivity index (χ0n) is 30.8. The van der Waals surface area contributed by atoms with Crippen LogP contribution < -0.4 is 5.32 Å². The fraction of sp³-hybridized carbons (Fsp3) is 0.125. The lowest BCUT2D eigenvalue weighted by Crippen LogP contribution is -2.38. The third-order valence-electron chi connectivity index (χ3n) is 10.4. The summed E-state index contributed by atoms with van der Waals surface area (Å²) in [5.74, 6) is 0.386. The van der Waals surface area contributed by atoms with E-state index in [1.807, 2.05) is 88.5 Å². The molecule has 1 N–H and O–H groups in total. The van der Waals surface area contributed by atoms with Gasteiger partial charge in [-0.1, -0.05) is 133 Å². The molecular weight excluding hydrogens is 693 g/mol. The Bertz CT molecular complexity index is 2510. The van der Waals surface area contributed by atoms with Crippen LogP contribution in [0.25, 0.3) is 39.6 Å². The molecule has 1 unspecified atom stereocenters. The van der Waals surface area contributed by atoms with Crippen molar-refractivity contribution >= 4 is 28.6 Å². The van der Waals surface area contributed by atoms with Gasteiger partial charge in [-0.2, -0.15) is 5.10 Å². The van der Waals surface area contributed by atoms with Gasteiger partial charge in [0.25, 0.3) is 0 Å². The molecule has 274 valence electrons. The van der Waals surface area contributed by atoms with Crippen molar-refractivity contribution in [2.24, 2.45) is 0 Å². The van der Waals surface area contributed by atoms with E-state index in [1.54, 1.807) is 12.2 Å². The largest absolute Gasteiger partial charge is 0.356 e. The molecule has 0 bridgehead atoms. The number of carbonyl (C=O) groups is 1. The number of rotatable bonds is 10. The second-order valence-electron chi connectivity index (χ2n) is 14.0. The van der Waals surface area contributed by atoms with Crippen LogP contribution in [-0.4, -0.2) is 37.1 Å². The summed E-state index contributed by atoms with van der Waals surface area (Å²) in [5, 5.41) is 14.4. The van der Waals surface area contributed by atoms with Crippen molar-refractivity contribution in [2.75, 3.05) is 11.9 Å². The summed E-state index contributed by atoms with van der Waals surface area (Å²) >= 11 is 0. The van der Waals surface area contributed by atoms with E-state index >= 15 is 0 Å².